The van der Waals surface area contributed by atoms with Crippen LogP contribution in [0.3, 0.4) is 0 Å². The molecule has 0 aromatic heterocycles. The van der Waals surface area contributed by atoms with Crippen LogP contribution in [0.25, 0.3) is 0 Å². The fourth-order valence-electron chi connectivity index (χ4n) is 1.84. The van der Waals surface area contributed by atoms with Gasteiger partial charge in [-0.05, 0) is 12.3 Å². The maximum atomic E-state index is 11.0. The molecule has 100 valence electrons. The first-order valence-electron chi connectivity index (χ1n) is 5.50. The van der Waals surface area contributed by atoms with Crippen LogP contribution >= 0.6 is 0 Å². The highest BCUT2D eigenvalue weighted by molar-refractivity contribution is 5.71. The quantitative estimate of drug-likeness (QED) is 0.639. The molecule has 0 aliphatic heterocycles. The Morgan fingerprint density at radius 3 is 2.33 bits per heavy atom. The molecule has 1 aromatic carbocycles. The average molecular weight is 254 g/mol. The molecule has 0 saturated heterocycles. The molecule has 2 N–H and O–H groups in total. The number of ether oxygens (including phenoxy) is 1. The molecule has 18 heavy (non-hydrogen) atoms. The number of nitrogens with zero attached hydrogens (tertiary/aromatic N) is 1. The predicted octanol–water partition coefficient (Wildman–Crippen LogP) is 3.01. The number of hydrogen-bond donors (Lipinski definition) is 2. The van der Waals surface area contributed by atoms with Crippen LogP contribution in [0.4, 0.5) is 11.4 Å². The van der Waals surface area contributed by atoms with Crippen molar-refractivity contribution in [3.63, 3.8) is 0 Å². The number of rotatable bonds is 3. The van der Waals surface area contributed by atoms with E-state index in [1.54, 1.807) is 6.92 Å². The minimum absolute atomic E-state index is 0.0442. The maximum Gasteiger partial charge on any atom is 0.275 e. The lowest BCUT2D eigenvalue weighted by molar-refractivity contribution is -0.385. The lowest BCUT2D eigenvalue weighted by Gasteiger charge is -2.24. The highest BCUT2D eigenvalue weighted by Gasteiger charge is 2.28. The fourth-order valence-corrected chi connectivity index (χ4v) is 1.84. The van der Waals surface area contributed by atoms with Gasteiger partial charge in [-0.25, -0.2) is 0 Å². The molecule has 0 aliphatic carbocycles. The van der Waals surface area contributed by atoms with Crippen LogP contribution in [0, 0.1) is 17.0 Å². The third kappa shape index (κ3) is 2.38. The minimum Gasteiger partial charge on any atom is -0.494 e. The Kier molecular flexibility index (Phi) is 3.81. The average Bonchev–Trinajstić information content (AvgIpc) is 2.25. The van der Waals surface area contributed by atoms with Crippen LogP contribution in [0.2, 0.25) is 0 Å². The van der Waals surface area contributed by atoms with Gasteiger partial charge in [-0.3, -0.25) is 20.8 Å². The molecule has 0 radical (unpaired) electrons. The van der Waals surface area contributed by atoms with Gasteiger partial charge >= 0.3 is 0 Å². The number of anilines is 1. The summed E-state index contributed by atoms with van der Waals surface area (Å²) in [6, 6.07) is 1.50. The SMILES string of the molecule is COc1c(C(C)(C)C)cc([N+](=O)[O-])c(C)c1NO. The van der Waals surface area contributed by atoms with Gasteiger partial charge in [0.25, 0.3) is 5.69 Å². The maximum absolute atomic E-state index is 11.0. The van der Waals surface area contributed by atoms with Gasteiger partial charge in [-0.15, -0.1) is 0 Å². The molecule has 0 heterocycles. The first-order chi connectivity index (χ1) is 8.23. The molecule has 0 saturated carbocycles. The molecule has 6 nitrogen and oxygen atoms in total. The van der Waals surface area contributed by atoms with Crippen LogP contribution in [-0.4, -0.2) is 17.2 Å². The van der Waals surface area contributed by atoms with Crippen LogP contribution in [0.15, 0.2) is 6.07 Å². The molecule has 0 bridgehead atoms. The number of nitrogens with one attached hydrogen (secondary N) is 1. The fraction of sp³-hybridized carbons (Fsp3) is 0.500. The number of nitro groups is 1. The van der Waals surface area contributed by atoms with Gasteiger partial charge < -0.3 is 4.74 Å². The third-order valence-electron chi connectivity index (χ3n) is 2.83. The molecule has 0 fully saturated rings. The molecule has 1 aromatic rings. The summed E-state index contributed by atoms with van der Waals surface area (Å²) in [5, 5.41) is 20.2. The standard InChI is InChI=1S/C12H18N2O4/c1-7-9(14(16)17)6-8(12(2,3)4)11(18-5)10(7)13-15/h6,13,15H,1-5H3. The van der Waals surface area contributed by atoms with E-state index in [2.05, 4.69) is 0 Å². The highest BCUT2D eigenvalue weighted by atomic mass is 16.6. The lowest BCUT2D eigenvalue weighted by atomic mass is 9.84. The molecule has 0 aliphatic rings. The van der Waals surface area contributed by atoms with E-state index in [9.17, 15) is 15.3 Å². The molecular weight excluding hydrogens is 236 g/mol. The number of hydrogen-bond acceptors (Lipinski definition) is 5. The van der Waals surface area contributed by atoms with Crippen molar-refractivity contribution in [1.82, 2.24) is 0 Å². The Hall–Kier alpha value is -1.82. The van der Waals surface area contributed by atoms with Crippen LogP contribution in [-0.2, 0) is 5.41 Å². The summed E-state index contributed by atoms with van der Waals surface area (Å²) in [6.45, 7) is 7.33. The van der Waals surface area contributed by atoms with E-state index in [1.165, 1.54) is 13.2 Å². The van der Waals surface area contributed by atoms with Gasteiger partial charge in [0.05, 0.1) is 17.6 Å². The van der Waals surface area contributed by atoms with Gasteiger partial charge in [0.1, 0.15) is 11.4 Å². The molecular formula is C12H18N2O4. The van der Waals surface area contributed by atoms with E-state index in [0.717, 1.165) is 0 Å². The van der Waals surface area contributed by atoms with Crippen molar-refractivity contribution in [2.75, 3.05) is 12.6 Å². The molecule has 0 atom stereocenters. The normalized spacial score (nSPS) is 11.2. The van der Waals surface area contributed by atoms with Crippen molar-refractivity contribution in [3.8, 4) is 5.75 Å². The summed E-state index contributed by atoms with van der Waals surface area (Å²) in [6.07, 6.45) is 0. The number of benzene rings is 1. The van der Waals surface area contributed by atoms with Crippen molar-refractivity contribution in [2.24, 2.45) is 0 Å². The van der Waals surface area contributed by atoms with Crippen molar-refractivity contribution >= 4 is 11.4 Å². The minimum atomic E-state index is -0.467. The van der Waals surface area contributed by atoms with Crippen LogP contribution < -0.4 is 10.2 Å². The van der Waals surface area contributed by atoms with Gasteiger partial charge in [-0.1, -0.05) is 20.8 Å². The molecule has 1 rings (SSSR count). The summed E-state index contributed by atoms with van der Waals surface area (Å²) in [4.78, 5) is 10.6. The summed E-state index contributed by atoms with van der Waals surface area (Å²) in [5.41, 5.74) is 2.85. The summed E-state index contributed by atoms with van der Waals surface area (Å²) >= 11 is 0. The van der Waals surface area contributed by atoms with Crippen molar-refractivity contribution in [1.29, 1.82) is 0 Å². The van der Waals surface area contributed by atoms with E-state index >= 15 is 0 Å². The second-order valence-electron chi connectivity index (χ2n) is 5.10. The second kappa shape index (κ2) is 4.81. The third-order valence-corrected chi connectivity index (χ3v) is 2.83. The number of methoxy groups -OCH3 is 1. The van der Waals surface area contributed by atoms with E-state index in [4.69, 9.17) is 4.74 Å². The Morgan fingerprint density at radius 1 is 1.44 bits per heavy atom. The van der Waals surface area contributed by atoms with Gasteiger partial charge in [0, 0.05) is 11.6 Å². The van der Waals surface area contributed by atoms with E-state index < -0.39 is 4.92 Å². The Bertz CT molecular complexity index is 478. The molecule has 6 heteroatoms. The molecule has 0 unspecified atom stereocenters. The first kappa shape index (κ1) is 14.2. The van der Waals surface area contributed by atoms with E-state index in [-0.39, 0.29) is 16.8 Å². The first-order valence-corrected chi connectivity index (χ1v) is 5.50. The summed E-state index contributed by atoms with van der Waals surface area (Å²) in [7, 11) is 1.47. The highest BCUT2D eigenvalue weighted by Crippen LogP contribution is 2.42. The zero-order valence-corrected chi connectivity index (χ0v) is 11.2. The van der Waals surface area contributed by atoms with Gasteiger partial charge in [0.15, 0.2) is 0 Å². The molecule has 0 amide bonds. The van der Waals surface area contributed by atoms with Crippen molar-refractivity contribution in [2.45, 2.75) is 33.1 Å². The summed E-state index contributed by atoms with van der Waals surface area (Å²) < 4.78 is 5.26. The van der Waals surface area contributed by atoms with Crippen LogP contribution in [0.1, 0.15) is 31.9 Å². The molecule has 0 spiro atoms. The zero-order valence-electron chi connectivity index (χ0n) is 11.2. The Balaban J connectivity index is 3.71. The second-order valence-corrected chi connectivity index (χ2v) is 5.10. The van der Waals surface area contributed by atoms with E-state index in [0.29, 0.717) is 16.9 Å². The topological polar surface area (TPSA) is 84.6 Å². The monoisotopic (exact) mass is 254 g/mol. The Labute approximate surface area is 106 Å². The lowest BCUT2D eigenvalue weighted by Crippen LogP contribution is -2.15. The zero-order chi connectivity index (χ0) is 14.1. The van der Waals surface area contributed by atoms with E-state index in [1.807, 2.05) is 26.3 Å². The predicted molar refractivity (Wildman–Crippen MR) is 68.5 cm³/mol. The van der Waals surface area contributed by atoms with Crippen molar-refractivity contribution in [3.05, 3.63) is 27.3 Å². The summed E-state index contributed by atoms with van der Waals surface area (Å²) in [5.74, 6) is 0.424. The van der Waals surface area contributed by atoms with Crippen LogP contribution in [0.5, 0.6) is 5.75 Å². The van der Waals surface area contributed by atoms with Gasteiger partial charge in [0.2, 0.25) is 0 Å². The number of nitro benzene ring substituents is 1. The van der Waals surface area contributed by atoms with Crippen molar-refractivity contribution < 1.29 is 14.9 Å². The van der Waals surface area contributed by atoms with Gasteiger partial charge in [-0.2, -0.15) is 0 Å². The largest absolute Gasteiger partial charge is 0.494 e. The smallest absolute Gasteiger partial charge is 0.275 e. The Morgan fingerprint density at radius 2 is 2.00 bits per heavy atom.